The SMILES string of the molecule is CCO[C@@H](CC(C)=O)c1ccccc1. The fourth-order valence-electron chi connectivity index (χ4n) is 1.40. The molecule has 0 amide bonds. The minimum Gasteiger partial charge on any atom is -0.373 e. The first-order chi connectivity index (χ1) is 6.74. The molecule has 2 heteroatoms. The number of rotatable bonds is 5. The van der Waals surface area contributed by atoms with Crippen molar-refractivity contribution in [1.29, 1.82) is 0 Å². The van der Waals surface area contributed by atoms with Gasteiger partial charge in [-0.25, -0.2) is 0 Å². The predicted octanol–water partition coefficient (Wildman–Crippen LogP) is 2.74. The zero-order chi connectivity index (χ0) is 10.4. The smallest absolute Gasteiger partial charge is 0.132 e. The van der Waals surface area contributed by atoms with E-state index in [1.807, 2.05) is 37.3 Å². The van der Waals surface area contributed by atoms with Gasteiger partial charge < -0.3 is 4.74 Å². The molecular weight excluding hydrogens is 176 g/mol. The second-order valence-electron chi connectivity index (χ2n) is 3.26. The second-order valence-corrected chi connectivity index (χ2v) is 3.26. The minimum absolute atomic E-state index is 0.0845. The molecule has 0 bridgehead atoms. The summed E-state index contributed by atoms with van der Waals surface area (Å²) >= 11 is 0. The number of carbonyl (C=O) groups is 1. The third kappa shape index (κ3) is 3.30. The Labute approximate surface area is 84.9 Å². The molecular formula is C12H16O2. The summed E-state index contributed by atoms with van der Waals surface area (Å²) in [7, 11) is 0. The summed E-state index contributed by atoms with van der Waals surface area (Å²) in [6, 6.07) is 9.86. The Hall–Kier alpha value is -1.15. The Balaban J connectivity index is 2.72. The zero-order valence-corrected chi connectivity index (χ0v) is 8.69. The lowest BCUT2D eigenvalue weighted by atomic mass is 10.0. The summed E-state index contributed by atoms with van der Waals surface area (Å²) < 4.78 is 5.52. The van der Waals surface area contributed by atoms with E-state index in [0.717, 1.165) is 5.56 Å². The molecule has 0 saturated carbocycles. The van der Waals surface area contributed by atoms with Gasteiger partial charge in [0.2, 0.25) is 0 Å². The second kappa shape index (κ2) is 5.55. The number of hydrogen-bond donors (Lipinski definition) is 0. The molecule has 0 aliphatic carbocycles. The van der Waals surface area contributed by atoms with Gasteiger partial charge in [0.15, 0.2) is 0 Å². The van der Waals surface area contributed by atoms with Crippen LogP contribution in [-0.4, -0.2) is 12.4 Å². The Morgan fingerprint density at radius 2 is 2.00 bits per heavy atom. The molecule has 0 fully saturated rings. The van der Waals surface area contributed by atoms with Crippen molar-refractivity contribution in [3.05, 3.63) is 35.9 Å². The summed E-state index contributed by atoms with van der Waals surface area (Å²) in [5.41, 5.74) is 1.07. The van der Waals surface area contributed by atoms with Crippen LogP contribution in [0.15, 0.2) is 30.3 Å². The molecule has 0 spiro atoms. The molecule has 0 aromatic heterocycles. The van der Waals surface area contributed by atoms with Crippen molar-refractivity contribution in [2.24, 2.45) is 0 Å². The summed E-state index contributed by atoms with van der Waals surface area (Å²) in [6.07, 6.45) is 0.372. The van der Waals surface area contributed by atoms with Crippen molar-refractivity contribution in [2.45, 2.75) is 26.4 Å². The van der Waals surface area contributed by atoms with Crippen molar-refractivity contribution < 1.29 is 9.53 Å². The first kappa shape index (κ1) is 10.9. The van der Waals surface area contributed by atoms with Crippen molar-refractivity contribution >= 4 is 5.78 Å². The van der Waals surface area contributed by atoms with Crippen LogP contribution in [0.5, 0.6) is 0 Å². The van der Waals surface area contributed by atoms with Crippen LogP contribution in [0, 0.1) is 0 Å². The number of carbonyl (C=O) groups excluding carboxylic acids is 1. The third-order valence-corrected chi connectivity index (χ3v) is 2.01. The average molecular weight is 192 g/mol. The first-order valence-corrected chi connectivity index (χ1v) is 4.90. The topological polar surface area (TPSA) is 26.3 Å². The van der Waals surface area contributed by atoms with Gasteiger partial charge in [-0.15, -0.1) is 0 Å². The number of benzene rings is 1. The molecule has 0 heterocycles. The number of hydrogen-bond acceptors (Lipinski definition) is 2. The average Bonchev–Trinajstić information content (AvgIpc) is 2.18. The Morgan fingerprint density at radius 3 is 2.50 bits per heavy atom. The highest BCUT2D eigenvalue weighted by molar-refractivity contribution is 5.76. The van der Waals surface area contributed by atoms with Crippen molar-refractivity contribution in [3.8, 4) is 0 Å². The highest BCUT2D eigenvalue weighted by Gasteiger charge is 2.12. The van der Waals surface area contributed by atoms with Crippen LogP contribution >= 0.6 is 0 Å². The quantitative estimate of drug-likeness (QED) is 0.717. The highest BCUT2D eigenvalue weighted by Crippen LogP contribution is 2.20. The fourth-order valence-corrected chi connectivity index (χ4v) is 1.40. The van der Waals surface area contributed by atoms with E-state index in [-0.39, 0.29) is 11.9 Å². The van der Waals surface area contributed by atoms with Gasteiger partial charge in [0.1, 0.15) is 5.78 Å². The molecule has 14 heavy (non-hydrogen) atoms. The molecule has 0 saturated heterocycles. The molecule has 0 aliphatic heterocycles. The third-order valence-electron chi connectivity index (χ3n) is 2.01. The fraction of sp³-hybridized carbons (Fsp3) is 0.417. The van der Waals surface area contributed by atoms with Crippen LogP contribution in [0.25, 0.3) is 0 Å². The molecule has 76 valence electrons. The summed E-state index contributed by atoms with van der Waals surface area (Å²) in [5.74, 6) is 0.160. The van der Waals surface area contributed by atoms with E-state index >= 15 is 0 Å². The molecule has 0 N–H and O–H groups in total. The monoisotopic (exact) mass is 192 g/mol. The van der Waals surface area contributed by atoms with E-state index in [4.69, 9.17) is 4.74 Å². The molecule has 1 rings (SSSR count). The molecule has 0 radical (unpaired) electrons. The van der Waals surface area contributed by atoms with E-state index in [1.165, 1.54) is 0 Å². The number of Topliss-reactive ketones (excluding diaryl/α,β-unsaturated/α-hetero) is 1. The minimum atomic E-state index is -0.0845. The van der Waals surface area contributed by atoms with Crippen LogP contribution in [0.1, 0.15) is 31.9 Å². The van der Waals surface area contributed by atoms with Gasteiger partial charge in [0.25, 0.3) is 0 Å². The lowest BCUT2D eigenvalue weighted by Gasteiger charge is -2.15. The van der Waals surface area contributed by atoms with E-state index in [2.05, 4.69) is 0 Å². The standard InChI is InChI=1S/C12H16O2/c1-3-14-12(9-10(2)13)11-7-5-4-6-8-11/h4-8,12H,3,9H2,1-2H3/t12-/m0/s1. The van der Waals surface area contributed by atoms with Crippen LogP contribution in [0.3, 0.4) is 0 Å². The molecule has 2 nitrogen and oxygen atoms in total. The van der Waals surface area contributed by atoms with Gasteiger partial charge >= 0.3 is 0 Å². The maximum Gasteiger partial charge on any atom is 0.132 e. The van der Waals surface area contributed by atoms with E-state index in [9.17, 15) is 4.79 Å². The van der Waals surface area contributed by atoms with E-state index < -0.39 is 0 Å². The van der Waals surface area contributed by atoms with Crippen LogP contribution in [-0.2, 0) is 9.53 Å². The maximum absolute atomic E-state index is 11.0. The number of ketones is 1. The van der Waals surface area contributed by atoms with Crippen LogP contribution in [0.4, 0.5) is 0 Å². The van der Waals surface area contributed by atoms with Crippen molar-refractivity contribution in [1.82, 2.24) is 0 Å². The normalized spacial score (nSPS) is 12.4. The highest BCUT2D eigenvalue weighted by atomic mass is 16.5. The molecule has 1 aromatic carbocycles. The van der Waals surface area contributed by atoms with E-state index in [0.29, 0.717) is 13.0 Å². The molecule has 1 aromatic rings. The van der Waals surface area contributed by atoms with Gasteiger partial charge in [-0.3, -0.25) is 4.79 Å². The zero-order valence-electron chi connectivity index (χ0n) is 8.69. The van der Waals surface area contributed by atoms with Crippen molar-refractivity contribution in [2.75, 3.05) is 6.61 Å². The van der Waals surface area contributed by atoms with Gasteiger partial charge in [0, 0.05) is 13.0 Å². The summed E-state index contributed by atoms with van der Waals surface area (Å²) in [6.45, 7) is 4.16. The van der Waals surface area contributed by atoms with Gasteiger partial charge in [-0.2, -0.15) is 0 Å². The maximum atomic E-state index is 11.0. The number of ether oxygens (including phenoxy) is 1. The summed E-state index contributed by atoms with van der Waals surface area (Å²) in [5, 5.41) is 0. The van der Waals surface area contributed by atoms with Crippen LogP contribution in [0.2, 0.25) is 0 Å². The largest absolute Gasteiger partial charge is 0.373 e. The Morgan fingerprint density at radius 1 is 1.36 bits per heavy atom. The van der Waals surface area contributed by atoms with E-state index in [1.54, 1.807) is 6.92 Å². The summed E-state index contributed by atoms with van der Waals surface area (Å²) in [4.78, 5) is 11.0. The Kier molecular flexibility index (Phi) is 4.33. The van der Waals surface area contributed by atoms with Crippen molar-refractivity contribution in [3.63, 3.8) is 0 Å². The lowest BCUT2D eigenvalue weighted by molar-refractivity contribution is -0.119. The van der Waals surface area contributed by atoms with Crippen LogP contribution < -0.4 is 0 Å². The predicted molar refractivity (Wildman–Crippen MR) is 56.1 cm³/mol. The molecule has 0 aliphatic rings. The first-order valence-electron chi connectivity index (χ1n) is 4.90. The molecule has 0 unspecified atom stereocenters. The van der Waals surface area contributed by atoms with Gasteiger partial charge in [-0.05, 0) is 19.4 Å². The van der Waals surface area contributed by atoms with Gasteiger partial charge in [0.05, 0.1) is 6.10 Å². The van der Waals surface area contributed by atoms with Gasteiger partial charge in [-0.1, -0.05) is 30.3 Å². The Bertz CT molecular complexity index is 280. The lowest BCUT2D eigenvalue weighted by Crippen LogP contribution is -2.08. The molecule has 1 atom stereocenters.